The fourth-order valence-electron chi connectivity index (χ4n) is 1.73. The van der Waals surface area contributed by atoms with Gasteiger partial charge < -0.3 is 9.84 Å². The number of fused-ring (bicyclic) bond motifs is 3. The van der Waals surface area contributed by atoms with Gasteiger partial charge in [-0.25, -0.2) is 4.98 Å². The second kappa shape index (κ2) is 4.64. The molecular formula is C11H11BrN2O2S. The first-order valence-corrected chi connectivity index (χ1v) is 5.69. The molecule has 0 fully saturated rings. The standard InChI is InChI=1S/C11H10N2O2S.BrH/c1-15-8-2-3-9-10(4-8)16-11-12-7(6-14)5-13(9)11;/h2-5,14H,6H2,1H3;1H. The van der Waals surface area contributed by atoms with E-state index < -0.39 is 0 Å². The Morgan fingerprint density at radius 1 is 1.47 bits per heavy atom. The molecule has 0 saturated heterocycles. The molecule has 1 aromatic carbocycles. The van der Waals surface area contributed by atoms with Gasteiger partial charge in [0.25, 0.3) is 0 Å². The van der Waals surface area contributed by atoms with Crippen LogP contribution in [-0.4, -0.2) is 21.6 Å². The summed E-state index contributed by atoms with van der Waals surface area (Å²) in [4.78, 5) is 5.21. The fraction of sp³-hybridized carbons (Fsp3) is 0.182. The highest BCUT2D eigenvalue weighted by Gasteiger charge is 2.08. The summed E-state index contributed by atoms with van der Waals surface area (Å²) in [6.07, 6.45) is 1.86. The van der Waals surface area contributed by atoms with E-state index in [9.17, 15) is 0 Å². The highest BCUT2D eigenvalue weighted by atomic mass is 79.9. The Hall–Kier alpha value is -1.11. The second-order valence-electron chi connectivity index (χ2n) is 3.48. The van der Waals surface area contributed by atoms with Crippen molar-refractivity contribution >= 4 is 43.5 Å². The van der Waals surface area contributed by atoms with E-state index in [4.69, 9.17) is 9.84 Å². The number of aliphatic hydroxyl groups excluding tert-OH is 1. The van der Waals surface area contributed by atoms with Gasteiger partial charge in [-0.2, -0.15) is 0 Å². The molecule has 0 unspecified atom stereocenters. The van der Waals surface area contributed by atoms with Gasteiger partial charge in [0, 0.05) is 6.20 Å². The number of rotatable bonds is 2. The van der Waals surface area contributed by atoms with Gasteiger partial charge in [-0.1, -0.05) is 11.3 Å². The van der Waals surface area contributed by atoms with Crippen LogP contribution in [0.2, 0.25) is 0 Å². The number of thiazole rings is 1. The third-order valence-electron chi connectivity index (χ3n) is 2.51. The predicted octanol–water partition coefficient (Wildman–Crippen LogP) is 2.63. The molecule has 0 aliphatic carbocycles. The number of aliphatic hydroxyl groups is 1. The average Bonchev–Trinajstić information content (AvgIpc) is 2.84. The number of hydrogen-bond donors (Lipinski definition) is 1. The zero-order valence-corrected chi connectivity index (χ0v) is 11.6. The highest BCUT2D eigenvalue weighted by Crippen LogP contribution is 2.29. The third-order valence-corrected chi connectivity index (χ3v) is 3.53. The molecule has 4 nitrogen and oxygen atoms in total. The van der Waals surface area contributed by atoms with E-state index in [1.165, 1.54) is 0 Å². The van der Waals surface area contributed by atoms with Crippen LogP contribution in [0.1, 0.15) is 5.69 Å². The lowest BCUT2D eigenvalue weighted by molar-refractivity contribution is 0.277. The number of halogens is 1. The molecule has 6 heteroatoms. The minimum absolute atomic E-state index is 0. The minimum atomic E-state index is -0.0218. The molecule has 0 aliphatic heterocycles. The van der Waals surface area contributed by atoms with Gasteiger partial charge in [-0.05, 0) is 18.2 Å². The zero-order valence-electron chi connectivity index (χ0n) is 9.08. The van der Waals surface area contributed by atoms with Gasteiger partial charge in [-0.15, -0.1) is 17.0 Å². The van der Waals surface area contributed by atoms with Crippen LogP contribution in [0.3, 0.4) is 0 Å². The number of nitrogens with zero attached hydrogens (tertiary/aromatic N) is 2. The van der Waals surface area contributed by atoms with E-state index in [-0.39, 0.29) is 23.6 Å². The monoisotopic (exact) mass is 314 g/mol. The Labute approximate surface area is 112 Å². The van der Waals surface area contributed by atoms with E-state index in [2.05, 4.69) is 4.98 Å². The van der Waals surface area contributed by atoms with E-state index in [1.54, 1.807) is 18.4 Å². The molecule has 3 rings (SSSR count). The summed E-state index contributed by atoms with van der Waals surface area (Å²) in [5.41, 5.74) is 1.79. The number of methoxy groups -OCH3 is 1. The van der Waals surface area contributed by atoms with Gasteiger partial charge in [-0.3, -0.25) is 4.40 Å². The molecule has 0 radical (unpaired) electrons. The van der Waals surface area contributed by atoms with Crippen LogP contribution in [-0.2, 0) is 6.61 Å². The minimum Gasteiger partial charge on any atom is -0.497 e. The second-order valence-corrected chi connectivity index (χ2v) is 4.49. The summed E-state index contributed by atoms with van der Waals surface area (Å²) in [5.74, 6) is 0.847. The van der Waals surface area contributed by atoms with Gasteiger partial charge in [0.15, 0.2) is 4.96 Å². The van der Waals surface area contributed by atoms with Crippen LogP contribution in [0.5, 0.6) is 5.75 Å². The van der Waals surface area contributed by atoms with Crippen molar-refractivity contribution in [3.63, 3.8) is 0 Å². The summed E-state index contributed by atoms with van der Waals surface area (Å²) < 4.78 is 8.30. The van der Waals surface area contributed by atoms with Gasteiger partial charge in [0.05, 0.1) is 29.6 Å². The van der Waals surface area contributed by atoms with E-state index in [0.717, 1.165) is 20.9 Å². The topological polar surface area (TPSA) is 46.8 Å². The summed E-state index contributed by atoms with van der Waals surface area (Å²) in [5, 5.41) is 9.02. The van der Waals surface area contributed by atoms with Crippen molar-refractivity contribution in [1.29, 1.82) is 0 Å². The molecule has 17 heavy (non-hydrogen) atoms. The van der Waals surface area contributed by atoms with Crippen LogP contribution in [0.15, 0.2) is 24.4 Å². The van der Waals surface area contributed by atoms with Crippen LogP contribution >= 0.6 is 28.3 Å². The Bertz CT molecular complexity index is 656. The molecule has 0 atom stereocenters. The first-order chi connectivity index (χ1) is 7.81. The van der Waals surface area contributed by atoms with Crippen molar-refractivity contribution in [3.05, 3.63) is 30.1 Å². The lowest BCUT2D eigenvalue weighted by atomic mass is 10.3. The van der Waals surface area contributed by atoms with Crippen molar-refractivity contribution in [2.45, 2.75) is 6.61 Å². The third kappa shape index (κ3) is 1.92. The highest BCUT2D eigenvalue weighted by molar-refractivity contribution is 8.93. The average molecular weight is 315 g/mol. The quantitative estimate of drug-likeness (QED) is 0.791. The van der Waals surface area contributed by atoms with E-state index in [0.29, 0.717) is 5.69 Å². The van der Waals surface area contributed by atoms with Gasteiger partial charge >= 0.3 is 0 Å². The number of ether oxygens (including phenoxy) is 1. The number of hydrogen-bond acceptors (Lipinski definition) is 4. The lowest BCUT2D eigenvalue weighted by Gasteiger charge is -1.98. The maximum absolute atomic E-state index is 9.02. The Balaban J connectivity index is 0.00000108. The van der Waals surface area contributed by atoms with Crippen molar-refractivity contribution in [2.75, 3.05) is 7.11 Å². The van der Waals surface area contributed by atoms with Crippen LogP contribution in [0.4, 0.5) is 0 Å². The number of imidazole rings is 1. The van der Waals surface area contributed by atoms with E-state index >= 15 is 0 Å². The zero-order chi connectivity index (χ0) is 11.1. The van der Waals surface area contributed by atoms with Gasteiger partial charge in [0.2, 0.25) is 0 Å². The molecule has 0 spiro atoms. The Morgan fingerprint density at radius 2 is 2.29 bits per heavy atom. The van der Waals surface area contributed by atoms with Crippen LogP contribution in [0, 0.1) is 0 Å². The number of aromatic nitrogens is 2. The predicted molar refractivity (Wildman–Crippen MR) is 73.4 cm³/mol. The molecular weight excluding hydrogens is 304 g/mol. The molecule has 90 valence electrons. The van der Waals surface area contributed by atoms with Crippen molar-refractivity contribution in [2.24, 2.45) is 0 Å². The maximum atomic E-state index is 9.02. The molecule has 3 aromatic rings. The van der Waals surface area contributed by atoms with Crippen molar-refractivity contribution in [3.8, 4) is 5.75 Å². The summed E-state index contributed by atoms with van der Waals surface area (Å²) in [6.45, 7) is -0.0218. The van der Waals surface area contributed by atoms with Crippen molar-refractivity contribution < 1.29 is 9.84 Å². The van der Waals surface area contributed by atoms with Crippen LogP contribution in [0.25, 0.3) is 15.2 Å². The summed E-state index contributed by atoms with van der Waals surface area (Å²) in [6, 6.07) is 5.92. The van der Waals surface area contributed by atoms with E-state index in [1.807, 2.05) is 28.8 Å². The van der Waals surface area contributed by atoms with Crippen LogP contribution < -0.4 is 4.74 Å². The lowest BCUT2D eigenvalue weighted by Crippen LogP contribution is -1.83. The molecule has 2 heterocycles. The Morgan fingerprint density at radius 3 is 3.00 bits per heavy atom. The largest absolute Gasteiger partial charge is 0.497 e. The molecule has 1 N–H and O–H groups in total. The smallest absolute Gasteiger partial charge is 0.195 e. The first-order valence-electron chi connectivity index (χ1n) is 4.87. The summed E-state index contributed by atoms with van der Waals surface area (Å²) >= 11 is 1.59. The Kier molecular flexibility index (Phi) is 3.37. The normalized spacial score (nSPS) is 10.7. The van der Waals surface area contributed by atoms with Gasteiger partial charge in [0.1, 0.15) is 5.75 Å². The molecule has 0 aliphatic rings. The first kappa shape index (κ1) is 12.3. The molecule has 0 saturated carbocycles. The number of benzene rings is 1. The molecule has 0 bridgehead atoms. The fourth-order valence-corrected chi connectivity index (χ4v) is 2.79. The molecule has 0 amide bonds. The van der Waals surface area contributed by atoms with Crippen molar-refractivity contribution in [1.82, 2.24) is 9.38 Å². The SMILES string of the molecule is Br.COc1ccc2c(c1)sc1nc(CO)cn12. The molecule has 2 aromatic heterocycles. The maximum Gasteiger partial charge on any atom is 0.195 e. The summed E-state index contributed by atoms with van der Waals surface area (Å²) in [7, 11) is 1.66.